The van der Waals surface area contributed by atoms with Crippen molar-refractivity contribution in [3.05, 3.63) is 27.1 Å². The van der Waals surface area contributed by atoms with Gasteiger partial charge in [-0.05, 0) is 18.9 Å². The molecule has 0 unspecified atom stereocenters. The second-order valence-electron chi connectivity index (χ2n) is 4.77. The summed E-state index contributed by atoms with van der Waals surface area (Å²) >= 11 is 1.29. The summed E-state index contributed by atoms with van der Waals surface area (Å²) in [7, 11) is 0. The first kappa shape index (κ1) is 11.6. The van der Waals surface area contributed by atoms with Crippen LogP contribution in [0, 0.1) is 0 Å². The van der Waals surface area contributed by atoms with Gasteiger partial charge in [-0.25, -0.2) is 4.98 Å². The molecule has 5 heteroatoms. The summed E-state index contributed by atoms with van der Waals surface area (Å²) in [6, 6.07) is 1.61. The molecule has 1 fully saturated rings. The van der Waals surface area contributed by atoms with Gasteiger partial charge in [-0.3, -0.25) is 9.59 Å². The summed E-state index contributed by atoms with van der Waals surface area (Å²) in [5.74, 6) is 1.17. The average Bonchev–Trinajstić information content (AvgIpc) is 2.83. The zero-order chi connectivity index (χ0) is 12.5. The van der Waals surface area contributed by atoms with Crippen LogP contribution in [0.4, 0.5) is 0 Å². The smallest absolute Gasteiger partial charge is 0.259 e. The predicted octanol–water partition coefficient (Wildman–Crippen LogP) is 2.84. The Morgan fingerprint density at radius 1 is 1.33 bits per heavy atom. The fourth-order valence-electron chi connectivity index (χ4n) is 2.59. The lowest BCUT2D eigenvalue weighted by molar-refractivity contribution is 0.112. The summed E-state index contributed by atoms with van der Waals surface area (Å²) < 4.78 is 0. The number of thiophene rings is 1. The first-order valence-electron chi connectivity index (χ1n) is 6.27. The minimum absolute atomic E-state index is 0.120. The molecule has 0 amide bonds. The quantitative estimate of drug-likeness (QED) is 0.846. The molecule has 2 heterocycles. The molecule has 94 valence electrons. The van der Waals surface area contributed by atoms with Gasteiger partial charge in [-0.15, -0.1) is 11.3 Å². The largest absolute Gasteiger partial charge is 0.310 e. The average molecular weight is 262 g/mol. The maximum atomic E-state index is 12.0. The molecule has 0 bridgehead atoms. The van der Waals surface area contributed by atoms with E-state index < -0.39 is 0 Å². The van der Waals surface area contributed by atoms with E-state index in [0.29, 0.717) is 21.0 Å². The molecule has 1 aliphatic carbocycles. The summed E-state index contributed by atoms with van der Waals surface area (Å²) in [6.45, 7) is 0. The van der Waals surface area contributed by atoms with E-state index in [1.165, 1.54) is 30.6 Å². The Morgan fingerprint density at radius 3 is 2.83 bits per heavy atom. The van der Waals surface area contributed by atoms with Crippen LogP contribution >= 0.6 is 11.3 Å². The van der Waals surface area contributed by atoms with Crippen LogP contribution in [0.15, 0.2) is 10.9 Å². The standard InChI is InChI=1S/C13H14N2O2S/c16-7-9-6-10-12(17)14-11(15-13(10)18-9)8-4-2-1-3-5-8/h6-8H,1-5H2,(H,14,15,17). The number of nitrogens with zero attached hydrogens (tertiary/aromatic N) is 1. The van der Waals surface area contributed by atoms with Crippen LogP contribution in [0.3, 0.4) is 0 Å². The fraction of sp³-hybridized carbons (Fsp3) is 0.462. The SMILES string of the molecule is O=Cc1cc2c(=O)[nH]c(C3CCCCC3)nc2s1. The molecule has 0 radical (unpaired) electrons. The normalized spacial score (nSPS) is 17.1. The molecule has 4 nitrogen and oxygen atoms in total. The van der Waals surface area contributed by atoms with Crippen LogP contribution in [0.5, 0.6) is 0 Å². The lowest BCUT2D eigenvalue weighted by atomic mass is 9.89. The van der Waals surface area contributed by atoms with Crippen molar-refractivity contribution in [2.45, 2.75) is 38.0 Å². The molecule has 2 aromatic heterocycles. The molecule has 0 aromatic carbocycles. The first-order chi connectivity index (χ1) is 8.78. The van der Waals surface area contributed by atoms with Crippen molar-refractivity contribution in [3.8, 4) is 0 Å². The number of carbonyl (C=O) groups is 1. The third-order valence-electron chi connectivity index (χ3n) is 3.55. The highest BCUT2D eigenvalue weighted by Crippen LogP contribution is 2.31. The van der Waals surface area contributed by atoms with Crippen LogP contribution in [0.1, 0.15) is 53.5 Å². The summed E-state index contributed by atoms with van der Waals surface area (Å²) in [5, 5.41) is 0.529. The van der Waals surface area contributed by atoms with Gasteiger partial charge in [-0.1, -0.05) is 19.3 Å². The Bertz CT molecular complexity index is 638. The molecule has 1 saturated carbocycles. The monoisotopic (exact) mass is 262 g/mol. The van der Waals surface area contributed by atoms with Crippen molar-refractivity contribution < 1.29 is 4.79 Å². The van der Waals surface area contributed by atoms with Gasteiger partial charge in [0.25, 0.3) is 5.56 Å². The van der Waals surface area contributed by atoms with E-state index in [2.05, 4.69) is 9.97 Å². The van der Waals surface area contributed by atoms with Crippen molar-refractivity contribution in [1.29, 1.82) is 0 Å². The first-order valence-corrected chi connectivity index (χ1v) is 7.08. The van der Waals surface area contributed by atoms with Crippen LogP contribution in [0.2, 0.25) is 0 Å². The number of aromatic amines is 1. The molecule has 1 N–H and O–H groups in total. The highest BCUT2D eigenvalue weighted by molar-refractivity contribution is 7.20. The van der Waals surface area contributed by atoms with E-state index in [1.807, 2.05) is 0 Å². The van der Waals surface area contributed by atoms with Crippen LogP contribution in [-0.2, 0) is 0 Å². The Hall–Kier alpha value is -1.49. The van der Waals surface area contributed by atoms with Crippen molar-refractivity contribution >= 4 is 27.8 Å². The van der Waals surface area contributed by atoms with E-state index >= 15 is 0 Å². The van der Waals surface area contributed by atoms with Gasteiger partial charge in [0.05, 0.1) is 10.3 Å². The van der Waals surface area contributed by atoms with Gasteiger partial charge in [0.2, 0.25) is 0 Å². The second kappa shape index (κ2) is 4.65. The van der Waals surface area contributed by atoms with Gasteiger partial charge in [0, 0.05) is 5.92 Å². The van der Waals surface area contributed by atoms with Crippen molar-refractivity contribution in [2.24, 2.45) is 0 Å². The topological polar surface area (TPSA) is 62.8 Å². The Kier molecular flexibility index (Phi) is 2.99. The summed E-state index contributed by atoms with van der Waals surface area (Å²) in [6.07, 6.45) is 6.65. The minimum Gasteiger partial charge on any atom is -0.310 e. The Morgan fingerprint density at radius 2 is 2.11 bits per heavy atom. The van der Waals surface area contributed by atoms with Crippen molar-refractivity contribution in [2.75, 3.05) is 0 Å². The lowest BCUT2D eigenvalue weighted by Gasteiger charge is -2.20. The Balaban J connectivity index is 2.08. The van der Waals surface area contributed by atoms with E-state index in [4.69, 9.17) is 0 Å². The van der Waals surface area contributed by atoms with Crippen molar-refractivity contribution in [3.63, 3.8) is 0 Å². The molecule has 0 atom stereocenters. The highest BCUT2D eigenvalue weighted by Gasteiger charge is 2.19. The van der Waals surface area contributed by atoms with E-state index in [-0.39, 0.29) is 5.56 Å². The molecule has 18 heavy (non-hydrogen) atoms. The third kappa shape index (κ3) is 1.99. The van der Waals surface area contributed by atoms with Gasteiger partial charge < -0.3 is 4.98 Å². The number of rotatable bonds is 2. The number of nitrogens with one attached hydrogen (secondary N) is 1. The summed E-state index contributed by atoms with van der Waals surface area (Å²) in [4.78, 5) is 31.4. The molecule has 0 aliphatic heterocycles. The molecule has 3 rings (SSSR count). The number of fused-ring (bicyclic) bond motifs is 1. The number of carbonyl (C=O) groups excluding carboxylic acids is 1. The molecule has 2 aromatic rings. The maximum absolute atomic E-state index is 12.0. The molecular formula is C13H14N2O2S. The van der Waals surface area contributed by atoms with E-state index in [1.54, 1.807) is 6.07 Å². The van der Waals surface area contributed by atoms with E-state index in [9.17, 15) is 9.59 Å². The zero-order valence-corrected chi connectivity index (χ0v) is 10.8. The van der Waals surface area contributed by atoms with E-state index in [0.717, 1.165) is 25.0 Å². The second-order valence-corrected chi connectivity index (χ2v) is 5.83. The van der Waals surface area contributed by atoms with Crippen LogP contribution < -0.4 is 5.56 Å². The molecular weight excluding hydrogens is 248 g/mol. The Labute approximate surface area is 108 Å². The fourth-order valence-corrected chi connectivity index (χ4v) is 3.45. The van der Waals surface area contributed by atoms with Crippen LogP contribution in [0.25, 0.3) is 10.2 Å². The summed E-state index contributed by atoms with van der Waals surface area (Å²) in [5.41, 5.74) is -0.120. The number of hydrogen-bond donors (Lipinski definition) is 1. The van der Waals surface area contributed by atoms with Crippen LogP contribution in [-0.4, -0.2) is 16.3 Å². The molecule has 0 spiro atoms. The van der Waals surface area contributed by atoms with Gasteiger partial charge in [0.1, 0.15) is 10.7 Å². The highest BCUT2D eigenvalue weighted by atomic mass is 32.1. The minimum atomic E-state index is -0.120. The van der Waals surface area contributed by atoms with Gasteiger partial charge >= 0.3 is 0 Å². The lowest BCUT2D eigenvalue weighted by Crippen LogP contribution is -2.15. The zero-order valence-electron chi connectivity index (χ0n) is 9.94. The van der Waals surface area contributed by atoms with Crippen molar-refractivity contribution in [1.82, 2.24) is 9.97 Å². The van der Waals surface area contributed by atoms with Gasteiger partial charge in [-0.2, -0.15) is 0 Å². The predicted molar refractivity (Wildman–Crippen MR) is 71.5 cm³/mol. The molecule has 1 aliphatic rings. The number of H-pyrrole nitrogens is 1. The van der Waals surface area contributed by atoms with Gasteiger partial charge in [0.15, 0.2) is 6.29 Å². The third-order valence-corrected chi connectivity index (χ3v) is 4.50. The maximum Gasteiger partial charge on any atom is 0.259 e. The number of hydrogen-bond acceptors (Lipinski definition) is 4. The number of aromatic nitrogens is 2. The molecule has 0 saturated heterocycles. The number of aldehydes is 1.